The van der Waals surface area contributed by atoms with E-state index in [-0.39, 0.29) is 68.9 Å². The van der Waals surface area contributed by atoms with Crippen LogP contribution in [0.5, 0.6) is 23.0 Å². The molecule has 15 heteroatoms. The molecule has 2 N–H and O–H groups in total. The van der Waals surface area contributed by atoms with E-state index in [1.54, 1.807) is 29.2 Å². The highest BCUT2D eigenvalue weighted by Crippen LogP contribution is 2.62. The molecule has 3 aromatic rings. The summed E-state index contributed by atoms with van der Waals surface area (Å²) in [7, 11) is 1.52. The Morgan fingerprint density at radius 3 is 2.52 bits per heavy atom. The first-order chi connectivity index (χ1) is 31.3. The average molecular weight is 879 g/mol. The molecule has 5 aliphatic rings. The van der Waals surface area contributed by atoms with E-state index in [0.717, 1.165) is 67.8 Å². The van der Waals surface area contributed by atoms with Crippen molar-refractivity contribution in [1.82, 2.24) is 9.80 Å². The second kappa shape index (κ2) is 20.4. The number of allylic oxidation sites excluding steroid dienone is 1. The Balaban J connectivity index is 1.29. The lowest BCUT2D eigenvalue weighted by molar-refractivity contribution is -0.384. The van der Waals surface area contributed by atoms with E-state index in [1.807, 2.05) is 30.3 Å². The molecule has 2 aliphatic carbocycles. The Hall–Kier alpha value is -5.74. The second-order valence-electron chi connectivity index (χ2n) is 17.0. The summed E-state index contributed by atoms with van der Waals surface area (Å²) in [5, 5.41) is 36.0. The van der Waals surface area contributed by atoms with E-state index < -0.39 is 22.7 Å². The number of fused-ring (bicyclic) bond motifs is 3. The van der Waals surface area contributed by atoms with Gasteiger partial charge in [0.25, 0.3) is 5.69 Å². The van der Waals surface area contributed by atoms with Gasteiger partial charge < -0.3 is 43.6 Å². The van der Waals surface area contributed by atoms with Gasteiger partial charge in [-0.25, -0.2) is 0 Å². The number of ether oxygens (including phenoxy) is 5. The lowest BCUT2D eigenvalue weighted by Crippen LogP contribution is -2.70. The summed E-state index contributed by atoms with van der Waals surface area (Å²) in [5.74, 6) is 0.105. The lowest BCUT2D eigenvalue weighted by Gasteiger charge is -2.60. The predicted octanol–water partition coefficient (Wildman–Crippen LogP) is 7.02. The number of rotatable bonds is 22. The van der Waals surface area contributed by atoms with E-state index >= 15 is 4.79 Å². The molecule has 1 saturated carbocycles. The number of hydrogen-bond donors (Lipinski definition) is 2. The Morgan fingerprint density at radius 2 is 1.78 bits per heavy atom. The molecule has 2 fully saturated rings. The first-order valence-electron chi connectivity index (χ1n) is 22.3. The van der Waals surface area contributed by atoms with Gasteiger partial charge in [-0.1, -0.05) is 36.2 Å². The van der Waals surface area contributed by atoms with Crippen molar-refractivity contribution < 1.29 is 48.5 Å². The molecule has 3 aliphatic heterocycles. The van der Waals surface area contributed by atoms with Crippen LogP contribution >= 0.6 is 0 Å². The molecule has 3 aromatic carbocycles. The monoisotopic (exact) mass is 878 g/mol. The number of nitro groups is 1. The van der Waals surface area contributed by atoms with Gasteiger partial charge in [-0.15, -0.1) is 6.58 Å². The van der Waals surface area contributed by atoms with Crippen molar-refractivity contribution in [1.29, 1.82) is 0 Å². The molecular formula is C49H58N4O11. The van der Waals surface area contributed by atoms with Crippen LogP contribution in [0, 0.1) is 27.9 Å². The van der Waals surface area contributed by atoms with E-state index in [4.69, 9.17) is 33.7 Å². The van der Waals surface area contributed by atoms with E-state index in [0.29, 0.717) is 48.0 Å². The van der Waals surface area contributed by atoms with Crippen LogP contribution in [0.15, 0.2) is 96.2 Å². The number of hydrogen-bond acceptors (Lipinski definition) is 13. The number of aliphatic hydroxyl groups is 2. The van der Waals surface area contributed by atoms with E-state index in [1.165, 1.54) is 25.3 Å². The van der Waals surface area contributed by atoms with Crippen LogP contribution in [-0.2, 0) is 20.9 Å². The Bertz CT molecular complexity index is 2240. The molecule has 1 amide bonds. The number of aliphatic hydroxyl groups excluding tert-OH is 2. The fourth-order valence-electron chi connectivity index (χ4n) is 9.98. The highest BCUT2D eigenvalue weighted by Gasteiger charge is 2.65. The van der Waals surface area contributed by atoms with Gasteiger partial charge in [-0.3, -0.25) is 19.8 Å². The van der Waals surface area contributed by atoms with Gasteiger partial charge >= 0.3 is 0 Å². The zero-order valence-corrected chi connectivity index (χ0v) is 36.3. The minimum atomic E-state index is -1.48. The summed E-state index contributed by atoms with van der Waals surface area (Å²) in [4.78, 5) is 35.7. The van der Waals surface area contributed by atoms with Gasteiger partial charge in [0.1, 0.15) is 31.3 Å². The summed E-state index contributed by atoms with van der Waals surface area (Å²) >= 11 is 0. The van der Waals surface area contributed by atoms with Gasteiger partial charge in [0.05, 0.1) is 23.2 Å². The Kier molecular flexibility index (Phi) is 14.3. The van der Waals surface area contributed by atoms with Crippen molar-refractivity contribution >= 4 is 23.4 Å². The fraction of sp³-hybridized carbons (Fsp3) is 0.469. The van der Waals surface area contributed by atoms with Crippen molar-refractivity contribution in [3.05, 3.63) is 118 Å². The molecular weight excluding hydrogens is 821 g/mol. The van der Waals surface area contributed by atoms with Crippen LogP contribution in [-0.4, -0.2) is 108 Å². The van der Waals surface area contributed by atoms with E-state index in [9.17, 15) is 20.3 Å². The molecule has 340 valence electrons. The van der Waals surface area contributed by atoms with Crippen molar-refractivity contribution in [2.24, 2.45) is 22.9 Å². The number of benzene rings is 3. The summed E-state index contributed by atoms with van der Waals surface area (Å²) < 4.78 is 32.3. The number of carbonyl (C=O) groups is 1. The van der Waals surface area contributed by atoms with Crippen molar-refractivity contribution in [3.63, 3.8) is 0 Å². The molecule has 6 atom stereocenters. The van der Waals surface area contributed by atoms with Crippen molar-refractivity contribution in [2.45, 2.75) is 69.2 Å². The molecule has 15 nitrogen and oxygen atoms in total. The van der Waals surface area contributed by atoms with Crippen molar-refractivity contribution in [2.75, 3.05) is 60.0 Å². The number of unbranched alkanes of at least 4 members (excludes halogenated alkanes) is 2. The fourth-order valence-corrected chi connectivity index (χ4v) is 9.98. The molecule has 1 saturated heterocycles. The smallest absolute Gasteiger partial charge is 0.269 e. The van der Waals surface area contributed by atoms with Crippen LogP contribution in [0.25, 0.3) is 6.08 Å². The highest BCUT2D eigenvalue weighted by molar-refractivity contribution is 6.03. The molecule has 64 heavy (non-hydrogen) atoms. The average Bonchev–Trinajstić information content (AvgIpc) is 4.01. The van der Waals surface area contributed by atoms with Gasteiger partial charge in [0.15, 0.2) is 11.5 Å². The molecule has 0 bridgehead atoms. The topological polar surface area (TPSA) is 175 Å². The molecule has 3 heterocycles. The first-order valence-corrected chi connectivity index (χ1v) is 22.3. The van der Waals surface area contributed by atoms with Gasteiger partial charge in [-0.05, 0) is 103 Å². The number of oxime groups is 1. The van der Waals surface area contributed by atoms with Crippen LogP contribution in [0.2, 0.25) is 0 Å². The molecule has 0 spiro atoms. The maximum Gasteiger partial charge on any atom is 0.269 e. The van der Waals surface area contributed by atoms with Gasteiger partial charge in [-0.2, -0.15) is 0 Å². The number of nitrogens with zero attached hydrogens (tertiary/aromatic N) is 4. The maximum absolute atomic E-state index is 15.1. The van der Waals surface area contributed by atoms with E-state index in [2.05, 4.69) is 23.6 Å². The molecule has 6 unspecified atom stereocenters. The zero-order chi connectivity index (χ0) is 44.6. The Morgan fingerprint density at radius 1 is 1.02 bits per heavy atom. The summed E-state index contributed by atoms with van der Waals surface area (Å²) in [6.07, 6.45) is 11.9. The standard InChI is InChI=1S/C49H58N4O11/c1-3-25-63-49-45(52(31-34-12-17-43-44(27-34)62-32-61-43)46(56)19-13-33-10-14-36(15-11-33)53(57)58)30-41(50-59-2)39-28-35(8-4-6-23-54)38(9-5-7-24-55)47(48(39)49)40-29-37(16-18-42(40)64-49)60-26-22-51-20-21-51/h3,10-19,27-29,35,38,45,47-48,54-55H,1,4-9,20-26,30-32H2,2H3. The third-order valence-corrected chi connectivity index (χ3v) is 13.0. The second-order valence-corrected chi connectivity index (χ2v) is 17.0. The minimum Gasteiger partial charge on any atom is -0.492 e. The normalized spacial score (nSPS) is 24.6. The predicted molar refractivity (Wildman–Crippen MR) is 239 cm³/mol. The summed E-state index contributed by atoms with van der Waals surface area (Å²) in [5.41, 5.74) is 3.90. The Labute approximate surface area is 373 Å². The summed E-state index contributed by atoms with van der Waals surface area (Å²) in [6.45, 7) is 8.07. The van der Waals surface area contributed by atoms with Gasteiger partial charge in [0.2, 0.25) is 18.5 Å². The van der Waals surface area contributed by atoms with Gasteiger partial charge in [0, 0.05) is 75.5 Å². The van der Waals surface area contributed by atoms with Crippen molar-refractivity contribution in [3.8, 4) is 23.0 Å². The first kappa shape index (κ1) is 44.9. The highest BCUT2D eigenvalue weighted by atomic mass is 16.7. The maximum atomic E-state index is 15.1. The van der Waals surface area contributed by atoms with Crippen LogP contribution in [0.3, 0.4) is 0 Å². The number of carbonyl (C=O) groups excluding carboxylic acids is 1. The molecule has 8 rings (SSSR count). The third-order valence-electron chi connectivity index (χ3n) is 13.0. The lowest BCUT2D eigenvalue weighted by atomic mass is 9.55. The number of amides is 1. The number of nitro benzene ring substituents is 1. The largest absolute Gasteiger partial charge is 0.492 e. The third kappa shape index (κ3) is 9.67. The summed E-state index contributed by atoms with van der Waals surface area (Å²) in [6, 6.07) is 16.8. The SMILES string of the molecule is C=CCOC12Oc3ccc(OCCN4CC4)cc3C3C(CCCCO)C(CCCCO)C=C(C(=NOC)CC1N(Cc1ccc4c(c1)OCO4)C(=O)C=Cc1ccc([N+](=O)[O-])cc1)C32. The van der Waals surface area contributed by atoms with Crippen LogP contribution in [0.1, 0.15) is 67.6 Å². The molecule has 0 radical (unpaired) electrons. The zero-order valence-electron chi connectivity index (χ0n) is 36.3. The minimum absolute atomic E-state index is 0.0452. The quantitative estimate of drug-likeness (QED) is 0.0264. The number of non-ortho nitro benzene ring substituents is 1. The van der Waals surface area contributed by atoms with Crippen LogP contribution < -0.4 is 18.9 Å². The van der Waals surface area contributed by atoms with Crippen LogP contribution in [0.4, 0.5) is 5.69 Å². The molecule has 0 aromatic heterocycles.